The lowest BCUT2D eigenvalue weighted by Gasteiger charge is -2.36. The normalized spacial score (nSPS) is 17.5. The molecular weight excluding hydrogens is 318 g/mol. The van der Waals surface area contributed by atoms with Crippen molar-refractivity contribution in [2.45, 2.75) is 44.1 Å². The molecule has 1 amide bonds. The molecule has 1 aliphatic rings. The standard InChI is InChI=1S/C16H22BrNO2/c1-20-14-8-4-3-7-13(14)11-15(19)18-16(12-17)9-5-2-6-10-16/h3-4,7-8H,2,5-6,9-12H2,1H3,(H,18,19). The molecule has 1 saturated carbocycles. The summed E-state index contributed by atoms with van der Waals surface area (Å²) >= 11 is 3.57. The first-order chi connectivity index (χ1) is 9.69. The highest BCUT2D eigenvalue weighted by Crippen LogP contribution is 2.30. The molecule has 1 aromatic rings. The van der Waals surface area contributed by atoms with Crippen LogP contribution in [0.15, 0.2) is 24.3 Å². The van der Waals surface area contributed by atoms with Gasteiger partial charge in [-0.15, -0.1) is 0 Å². The number of benzene rings is 1. The Hall–Kier alpha value is -1.03. The van der Waals surface area contributed by atoms with E-state index in [-0.39, 0.29) is 11.4 Å². The Bertz CT molecular complexity index is 456. The molecule has 0 aromatic heterocycles. The van der Waals surface area contributed by atoms with Crippen LogP contribution in [0.25, 0.3) is 0 Å². The van der Waals surface area contributed by atoms with Gasteiger partial charge in [0, 0.05) is 16.4 Å². The van der Waals surface area contributed by atoms with Crippen LogP contribution in [0.5, 0.6) is 5.75 Å². The van der Waals surface area contributed by atoms with E-state index in [2.05, 4.69) is 21.2 Å². The molecule has 3 nitrogen and oxygen atoms in total. The quantitative estimate of drug-likeness (QED) is 0.834. The van der Waals surface area contributed by atoms with Crippen LogP contribution in [0.1, 0.15) is 37.7 Å². The van der Waals surface area contributed by atoms with Crippen molar-refractivity contribution in [1.29, 1.82) is 0 Å². The fraction of sp³-hybridized carbons (Fsp3) is 0.562. The maximum atomic E-state index is 12.3. The number of methoxy groups -OCH3 is 1. The van der Waals surface area contributed by atoms with Gasteiger partial charge in [-0.25, -0.2) is 0 Å². The molecule has 0 aliphatic heterocycles. The average molecular weight is 340 g/mol. The van der Waals surface area contributed by atoms with Crippen LogP contribution < -0.4 is 10.1 Å². The van der Waals surface area contributed by atoms with Crippen LogP contribution in [-0.4, -0.2) is 23.9 Å². The number of carbonyl (C=O) groups is 1. The minimum atomic E-state index is -0.0582. The molecule has 2 rings (SSSR count). The third-order valence-corrected chi connectivity index (χ3v) is 5.09. The van der Waals surface area contributed by atoms with Crippen molar-refractivity contribution < 1.29 is 9.53 Å². The molecular formula is C16H22BrNO2. The second-order valence-electron chi connectivity index (χ2n) is 5.51. The first kappa shape index (κ1) is 15.4. The van der Waals surface area contributed by atoms with E-state index in [1.165, 1.54) is 19.3 Å². The maximum absolute atomic E-state index is 12.3. The lowest BCUT2D eigenvalue weighted by Crippen LogP contribution is -2.51. The molecule has 0 radical (unpaired) electrons. The summed E-state index contributed by atoms with van der Waals surface area (Å²) in [5.41, 5.74) is 0.880. The van der Waals surface area contributed by atoms with Crippen LogP contribution in [-0.2, 0) is 11.2 Å². The summed E-state index contributed by atoms with van der Waals surface area (Å²) in [4.78, 5) is 12.3. The number of halogens is 1. The summed E-state index contributed by atoms with van der Waals surface area (Å²) < 4.78 is 5.30. The smallest absolute Gasteiger partial charge is 0.225 e. The van der Waals surface area contributed by atoms with E-state index in [1.54, 1.807) is 7.11 Å². The van der Waals surface area contributed by atoms with Crippen LogP contribution in [0.2, 0.25) is 0 Å². The van der Waals surface area contributed by atoms with Gasteiger partial charge in [0.2, 0.25) is 5.91 Å². The van der Waals surface area contributed by atoms with Gasteiger partial charge in [0.25, 0.3) is 0 Å². The summed E-state index contributed by atoms with van der Waals surface area (Å²) in [5.74, 6) is 0.857. The molecule has 0 unspecified atom stereocenters. The molecule has 4 heteroatoms. The van der Waals surface area contributed by atoms with Gasteiger partial charge < -0.3 is 10.1 Å². The Morgan fingerprint density at radius 1 is 1.30 bits per heavy atom. The first-order valence-corrected chi connectivity index (χ1v) is 8.30. The first-order valence-electron chi connectivity index (χ1n) is 7.18. The van der Waals surface area contributed by atoms with Crippen molar-refractivity contribution in [2.75, 3.05) is 12.4 Å². The number of nitrogens with one attached hydrogen (secondary N) is 1. The summed E-state index contributed by atoms with van der Waals surface area (Å²) in [5, 5.41) is 4.07. The molecule has 110 valence electrons. The third kappa shape index (κ3) is 3.75. The fourth-order valence-corrected chi connectivity index (χ4v) is 3.58. The van der Waals surface area contributed by atoms with Crippen LogP contribution in [0, 0.1) is 0 Å². The summed E-state index contributed by atoms with van der Waals surface area (Å²) in [6.45, 7) is 0. The van der Waals surface area contributed by atoms with Gasteiger partial charge >= 0.3 is 0 Å². The predicted octanol–water partition coefficient (Wildman–Crippen LogP) is 3.45. The van der Waals surface area contributed by atoms with Crippen molar-refractivity contribution in [3.63, 3.8) is 0 Å². The number of para-hydroxylation sites is 1. The van der Waals surface area contributed by atoms with Gasteiger partial charge in [-0.3, -0.25) is 4.79 Å². The highest BCUT2D eigenvalue weighted by atomic mass is 79.9. The van der Waals surface area contributed by atoms with E-state index in [4.69, 9.17) is 4.74 Å². The van der Waals surface area contributed by atoms with Gasteiger partial charge in [-0.05, 0) is 18.9 Å². The largest absolute Gasteiger partial charge is 0.496 e. The Morgan fingerprint density at radius 3 is 2.65 bits per heavy atom. The molecule has 0 saturated heterocycles. The zero-order valence-corrected chi connectivity index (χ0v) is 13.5. The van der Waals surface area contributed by atoms with E-state index in [1.807, 2.05) is 24.3 Å². The van der Waals surface area contributed by atoms with Crippen molar-refractivity contribution in [2.24, 2.45) is 0 Å². The van der Waals surface area contributed by atoms with Gasteiger partial charge in [-0.1, -0.05) is 53.4 Å². The van der Waals surface area contributed by atoms with E-state index in [0.29, 0.717) is 6.42 Å². The highest BCUT2D eigenvalue weighted by Gasteiger charge is 2.32. The number of ether oxygens (including phenoxy) is 1. The molecule has 1 N–H and O–H groups in total. The maximum Gasteiger partial charge on any atom is 0.225 e. The second kappa shape index (κ2) is 7.11. The van der Waals surface area contributed by atoms with Crippen molar-refractivity contribution in [3.05, 3.63) is 29.8 Å². The summed E-state index contributed by atoms with van der Waals surface area (Å²) in [6.07, 6.45) is 6.17. The van der Waals surface area contributed by atoms with Gasteiger partial charge in [-0.2, -0.15) is 0 Å². The zero-order chi connectivity index (χ0) is 14.4. The molecule has 0 spiro atoms. The average Bonchev–Trinajstić information content (AvgIpc) is 2.48. The number of rotatable bonds is 5. The third-order valence-electron chi connectivity index (χ3n) is 4.01. The Labute approximate surface area is 129 Å². The molecule has 0 bridgehead atoms. The van der Waals surface area contributed by atoms with Crippen LogP contribution in [0.3, 0.4) is 0 Å². The van der Waals surface area contributed by atoms with Crippen molar-refractivity contribution in [3.8, 4) is 5.75 Å². The topological polar surface area (TPSA) is 38.3 Å². The van der Waals surface area contributed by atoms with Gasteiger partial charge in [0.1, 0.15) is 5.75 Å². The molecule has 20 heavy (non-hydrogen) atoms. The molecule has 1 aromatic carbocycles. The lowest BCUT2D eigenvalue weighted by atomic mass is 9.83. The highest BCUT2D eigenvalue weighted by molar-refractivity contribution is 9.09. The van der Waals surface area contributed by atoms with E-state index in [0.717, 1.165) is 29.5 Å². The number of hydrogen-bond donors (Lipinski definition) is 1. The Balaban J connectivity index is 2.01. The predicted molar refractivity (Wildman–Crippen MR) is 84.5 cm³/mol. The Kier molecular flexibility index (Phi) is 5.46. The minimum Gasteiger partial charge on any atom is -0.496 e. The van der Waals surface area contributed by atoms with Crippen LogP contribution in [0.4, 0.5) is 0 Å². The SMILES string of the molecule is COc1ccccc1CC(=O)NC1(CBr)CCCCC1. The van der Waals surface area contributed by atoms with E-state index in [9.17, 15) is 4.79 Å². The van der Waals surface area contributed by atoms with Gasteiger partial charge in [0.15, 0.2) is 0 Å². The zero-order valence-electron chi connectivity index (χ0n) is 12.0. The second-order valence-corrected chi connectivity index (χ2v) is 6.07. The summed E-state index contributed by atoms with van der Waals surface area (Å²) in [7, 11) is 1.64. The Morgan fingerprint density at radius 2 is 2.00 bits per heavy atom. The van der Waals surface area contributed by atoms with Crippen molar-refractivity contribution in [1.82, 2.24) is 5.32 Å². The fourth-order valence-electron chi connectivity index (χ4n) is 2.88. The summed E-state index contributed by atoms with van der Waals surface area (Å²) in [6, 6.07) is 7.69. The monoisotopic (exact) mass is 339 g/mol. The lowest BCUT2D eigenvalue weighted by molar-refractivity contribution is -0.122. The number of alkyl halides is 1. The van der Waals surface area contributed by atoms with Crippen molar-refractivity contribution >= 4 is 21.8 Å². The number of amides is 1. The molecule has 0 atom stereocenters. The van der Waals surface area contributed by atoms with E-state index >= 15 is 0 Å². The van der Waals surface area contributed by atoms with Crippen LogP contribution >= 0.6 is 15.9 Å². The minimum absolute atomic E-state index is 0.0582. The number of carbonyl (C=O) groups excluding carboxylic acids is 1. The molecule has 1 aliphatic carbocycles. The van der Waals surface area contributed by atoms with Gasteiger partial charge in [0.05, 0.1) is 13.5 Å². The molecule has 1 fully saturated rings. The molecule has 0 heterocycles. The number of hydrogen-bond acceptors (Lipinski definition) is 2. The van der Waals surface area contributed by atoms with E-state index < -0.39 is 0 Å².